The molecule has 4 rings (SSSR count). The second kappa shape index (κ2) is 5.91. The summed E-state index contributed by atoms with van der Waals surface area (Å²) >= 11 is 0. The van der Waals surface area contributed by atoms with E-state index in [-0.39, 0.29) is 11.6 Å². The van der Waals surface area contributed by atoms with Crippen molar-refractivity contribution in [3.8, 4) is 0 Å². The van der Waals surface area contributed by atoms with Crippen LogP contribution in [-0.2, 0) is 6.18 Å². The average Bonchev–Trinajstić information content (AvgIpc) is 3.00. The number of hydrogen-bond acceptors (Lipinski definition) is 4. The minimum Gasteiger partial charge on any atom is -0.366 e. The predicted molar refractivity (Wildman–Crippen MR) is 93.3 cm³/mol. The molecule has 132 valence electrons. The van der Waals surface area contributed by atoms with E-state index in [0.29, 0.717) is 12.2 Å². The molecule has 0 fully saturated rings. The van der Waals surface area contributed by atoms with Crippen LogP contribution in [0, 0.1) is 0 Å². The zero-order valence-corrected chi connectivity index (χ0v) is 13.5. The zero-order valence-electron chi connectivity index (χ0n) is 13.5. The van der Waals surface area contributed by atoms with Crippen LogP contribution < -0.4 is 10.6 Å². The number of fused-ring (bicyclic) bond motifs is 1. The fourth-order valence-corrected chi connectivity index (χ4v) is 2.93. The molecule has 0 amide bonds. The van der Waals surface area contributed by atoms with Gasteiger partial charge in [0.2, 0.25) is 5.95 Å². The van der Waals surface area contributed by atoms with E-state index < -0.39 is 11.7 Å². The number of anilines is 2. The Labute approximate surface area is 146 Å². The van der Waals surface area contributed by atoms with Crippen LogP contribution in [0.1, 0.15) is 11.1 Å². The molecule has 0 spiro atoms. The smallest absolute Gasteiger partial charge is 0.366 e. The molecule has 0 saturated carbocycles. The summed E-state index contributed by atoms with van der Waals surface area (Å²) in [5.41, 5.74) is 7.21. The summed E-state index contributed by atoms with van der Waals surface area (Å²) in [6, 6.07) is 9.14. The van der Waals surface area contributed by atoms with Crippen molar-refractivity contribution >= 4 is 22.9 Å². The van der Waals surface area contributed by atoms with Crippen LogP contribution in [0.3, 0.4) is 0 Å². The molecule has 2 aromatic heterocycles. The molecule has 1 aromatic carbocycles. The number of rotatable bonds is 2. The first-order valence-corrected chi connectivity index (χ1v) is 7.85. The lowest BCUT2D eigenvalue weighted by Crippen LogP contribution is -2.22. The van der Waals surface area contributed by atoms with Gasteiger partial charge in [0.15, 0.2) is 5.65 Å². The Morgan fingerprint density at radius 2 is 1.88 bits per heavy atom. The monoisotopic (exact) mass is 357 g/mol. The lowest BCUT2D eigenvalue weighted by Gasteiger charge is -2.26. The average molecular weight is 357 g/mol. The summed E-state index contributed by atoms with van der Waals surface area (Å²) in [6.07, 6.45) is 2.72. The van der Waals surface area contributed by atoms with E-state index in [9.17, 15) is 13.2 Å². The number of benzene rings is 1. The van der Waals surface area contributed by atoms with Gasteiger partial charge in [0.1, 0.15) is 0 Å². The van der Waals surface area contributed by atoms with E-state index in [1.165, 1.54) is 12.1 Å². The molecular weight excluding hydrogens is 343 g/mol. The summed E-state index contributed by atoms with van der Waals surface area (Å²) < 4.78 is 41.5. The highest BCUT2D eigenvalue weighted by atomic mass is 19.4. The van der Waals surface area contributed by atoms with Crippen molar-refractivity contribution < 1.29 is 13.2 Å². The second-order valence-electron chi connectivity index (χ2n) is 5.84. The van der Waals surface area contributed by atoms with E-state index in [2.05, 4.69) is 10.1 Å². The molecule has 0 radical (unpaired) electrons. The molecule has 8 heteroatoms. The molecule has 0 unspecified atom stereocenters. The first-order valence-electron chi connectivity index (χ1n) is 7.85. The largest absolute Gasteiger partial charge is 0.418 e. The third-order valence-electron chi connectivity index (χ3n) is 4.09. The Kier molecular flexibility index (Phi) is 3.68. The lowest BCUT2D eigenvalue weighted by molar-refractivity contribution is -0.137. The fraction of sp³-hybridized carbons (Fsp3) is 0.111. The van der Waals surface area contributed by atoms with Gasteiger partial charge in [-0.1, -0.05) is 24.3 Å². The van der Waals surface area contributed by atoms with Crippen molar-refractivity contribution in [3.63, 3.8) is 0 Å². The summed E-state index contributed by atoms with van der Waals surface area (Å²) in [6.45, 7) is 0.356. The third-order valence-corrected chi connectivity index (χ3v) is 4.09. The van der Waals surface area contributed by atoms with Crippen LogP contribution in [0.25, 0.3) is 11.2 Å². The highest BCUT2D eigenvalue weighted by Gasteiger charge is 2.34. The molecule has 2 N–H and O–H groups in total. The van der Waals surface area contributed by atoms with Gasteiger partial charge in [0, 0.05) is 24.5 Å². The zero-order chi connectivity index (χ0) is 18.3. The Bertz CT molecular complexity index is 1030. The van der Waals surface area contributed by atoms with E-state index in [1.54, 1.807) is 33.9 Å². The first-order chi connectivity index (χ1) is 12.4. The Morgan fingerprint density at radius 3 is 2.69 bits per heavy atom. The molecule has 0 atom stereocenters. The van der Waals surface area contributed by atoms with Gasteiger partial charge in [0.25, 0.3) is 0 Å². The number of nitrogens with zero attached hydrogens (tertiary/aromatic N) is 4. The van der Waals surface area contributed by atoms with Gasteiger partial charge in [-0.3, -0.25) is 0 Å². The normalized spacial score (nSPS) is 14.7. The molecule has 1 aliphatic heterocycles. The van der Waals surface area contributed by atoms with Gasteiger partial charge in [0.05, 0.1) is 11.3 Å². The van der Waals surface area contributed by atoms with E-state index in [0.717, 1.165) is 17.2 Å². The maximum atomic E-state index is 13.3. The summed E-state index contributed by atoms with van der Waals surface area (Å²) in [4.78, 5) is 5.64. The molecule has 26 heavy (non-hydrogen) atoms. The number of para-hydroxylation sites is 1. The molecule has 0 bridgehead atoms. The topological polar surface area (TPSA) is 59.5 Å². The van der Waals surface area contributed by atoms with Crippen LogP contribution in [0.2, 0.25) is 0 Å². The Hall–Kier alpha value is -3.29. The van der Waals surface area contributed by atoms with E-state index in [4.69, 9.17) is 5.73 Å². The maximum Gasteiger partial charge on any atom is 0.418 e. The molecule has 5 nitrogen and oxygen atoms in total. The van der Waals surface area contributed by atoms with Crippen molar-refractivity contribution in [1.82, 2.24) is 14.6 Å². The van der Waals surface area contributed by atoms with Crippen molar-refractivity contribution in [1.29, 1.82) is 0 Å². The van der Waals surface area contributed by atoms with Gasteiger partial charge >= 0.3 is 6.18 Å². The maximum absolute atomic E-state index is 13.3. The third kappa shape index (κ3) is 2.90. The minimum absolute atomic E-state index is 0.118. The Balaban J connectivity index is 1.75. The van der Waals surface area contributed by atoms with Gasteiger partial charge in [-0.2, -0.15) is 18.2 Å². The van der Waals surface area contributed by atoms with Crippen molar-refractivity contribution in [2.45, 2.75) is 6.18 Å². The highest BCUT2D eigenvalue weighted by molar-refractivity contribution is 5.79. The molecule has 3 aromatic rings. The van der Waals surface area contributed by atoms with Crippen molar-refractivity contribution in [2.24, 2.45) is 0 Å². The number of halogens is 3. The van der Waals surface area contributed by atoms with Crippen LogP contribution in [0.5, 0.6) is 0 Å². The van der Waals surface area contributed by atoms with Gasteiger partial charge < -0.3 is 10.6 Å². The van der Waals surface area contributed by atoms with Crippen molar-refractivity contribution in [3.05, 3.63) is 72.1 Å². The summed E-state index contributed by atoms with van der Waals surface area (Å²) in [7, 11) is 0. The van der Waals surface area contributed by atoms with Crippen LogP contribution in [0.15, 0.2) is 60.9 Å². The van der Waals surface area contributed by atoms with E-state index in [1.807, 2.05) is 18.2 Å². The number of nitrogens with two attached hydrogens (primary N) is 1. The van der Waals surface area contributed by atoms with Crippen LogP contribution >= 0.6 is 0 Å². The number of aromatic nitrogens is 3. The van der Waals surface area contributed by atoms with Gasteiger partial charge in [-0.25, -0.2) is 4.52 Å². The summed E-state index contributed by atoms with van der Waals surface area (Å²) in [5.74, 6) is 0.163. The first kappa shape index (κ1) is 16.2. The van der Waals surface area contributed by atoms with E-state index >= 15 is 0 Å². The lowest BCUT2D eigenvalue weighted by atomic mass is 10.0. The Morgan fingerprint density at radius 1 is 1.08 bits per heavy atom. The number of hydrogen-bond donors (Lipinski definition) is 1. The number of alkyl halides is 3. The number of pyridine rings is 1. The summed E-state index contributed by atoms with van der Waals surface area (Å²) in [5, 5.41) is 4.06. The van der Waals surface area contributed by atoms with Gasteiger partial charge in [-0.15, -0.1) is 5.10 Å². The standard InChI is InChI=1S/C18H14F3N5/c19-18(20,21)14-5-1-2-6-15(14)25-9-3-4-12(10-25)13-7-8-16-23-17(22)24-26(16)11-13/h1-8,10-11H,9H2,(H2,22,24). The molecule has 0 saturated heterocycles. The molecule has 0 aliphatic carbocycles. The highest BCUT2D eigenvalue weighted by Crippen LogP contribution is 2.37. The van der Waals surface area contributed by atoms with Gasteiger partial charge in [-0.05, 0) is 29.8 Å². The van der Waals surface area contributed by atoms with Crippen LogP contribution in [-0.4, -0.2) is 21.1 Å². The molecule has 3 heterocycles. The predicted octanol–water partition coefficient (Wildman–Crippen LogP) is 3.75. The molecule has 1 aliphatic rings. The van der Waals surface area contributed by atoms with Crippen molar-refractivity contribution in [2.75, 3.05) is 17.2 Å². The second-order valence-corrected chi connectivity index (χ2v) is 5.84. The molecular formula is C18H14F3N5. The fourth-order valence-electron chi connectivity index (χ4n) is 2.93. The SMILES string of the molecule is Nc1nc2ccc(C3=CN(c4ccccc4C(F)(F)F)CC=C3)cn2n1. The number of allylic oxidation sites excluding steroid dienone is 2. The van der Waals surface area contributed by atoms with Crippen LogP contribution in [0.4, 0.5) is 24.8 Å². The minimum atomic E-state index is -4.41. The quantitative estimate of drug-likeness (QED) is 0.759. The number of nitrogen functional groups attached to an aromatic ring is 1.